The molecule has 1 aromatic heterocycles. The van der Waals surface area contributed by atoms with Crippen LogP contribution in [-0.4, -0.2) is 15.9 Å². The fourth-order valence-electron chi connectivity index (χ4n) is 0.752. The molecule has 0 unspecified atom stereocenters. The molecular formula is C8H9N4O2SV-5. The first-order chi connectivity index (χ1) is 6.20. The first kappa shape index (κ1) is 20.4. The van der Waals surface area contributed by atoms with E-state index in [9.17, 15) is 0 Å². The van der Waals surface area contributed by atoms with Crippen LogP contribution in [0.3, 0.4) is 0 Å². The van der Waals surface area contributed by atoms with E-state index in [1.54, 1.807) is 13.1 Å². The van der Waals surface area contributed by atoms with Gasteiger partial charge in [0, 0.05) is 24.8 Å². The Balaban J connectivity index is -0.000000563. The summed E-state index contributed by atoms with van der Waals surface area (Å²) < 4.78 is 0. The van der Waals surface area contributed by atoms with Gasteiger partial charge in [-0.1, -0.05) is 6.07 Å². The predicted octanol–water partition coefficient (Wildman–Crippen LogP) is 0.427. The fourth-order valence-corrected chi connectivity index (χ4v) is 0.793. The van der Waals surface area contributed by atoms with Gasteiger partial charge in [-0.05, 0) is 24.2 Å². The molecule has 0 fully saturated rings. The number of aromatic nitrogens is 1. The topological polar surface area (TPSA) is 121 Å². The maximum atomic E-state index is 5.16. The largest absolute Gasteiger partial charge is 2.00 e. The smallest absolute Gasteiger partial charge is 0.0860 e. The van der Waals surface area contributed by atoms with Crippen molar-refractivity contribution < 1.29 is 29.5 Å². The summed E-state index contributed by atoms with van der Waals surface area (Å²) in [5.74, 6) is 0. The van der Waals surface area contributed by atoms with Gasteiger partial charge in [-0.3, -0.25) is 4.98 Å². The third-order valence-corrected chi connectivity index (χ3v) is 1.42. The van der Waals surface area contributed by atoms with Crippen LogP contribution in [0.5, 0.6) is 0 Å². The number of hydrogen-bond acceptors (Lipinski definition) is 4. The number of pyridine rings is 1. The third kappa shape index (κ3) is 7.33. The molecular weight excluding hydrogens is 267 g/mol. The average molecular weight is 276 g/mol. The number of nitrogens with two attached hydrogens (primary N) is 1. The Morgan fingerprint density at radius 3 is 2.38 bits per heavy atom. The van der Waals surface area contributed by atoms with E-state index in [1.165, 1.54) is 0 Å². The first-order valence-corrected chi connectivity index (χ1v) is 4.07. The van der Waals surface area contributed by atoms with Crippen molar-refractivity contribution in [2.75, 3.05) is 0 Å². The molecule has 1 aromatic rings. The Morgan fingerprint density at radius 2 is 1.94 bits per heavy atom. The molecule has 0 bridgehead atoms. The van der Waals surface area contributed by atoms with Crippen LogP contribution < -0.4 is 5.73 Å². The van der Waals surface area contributed by atoms with E-state index in [-0.39, 0.29) is 34.7 Å². The van der Waals surface area contributed by atoms with Crippen LogP contribution in [0.2, 0.25) is 0 Å². The van der Waals surface area contributed by atoms with E-state index in [2.05, 4.69) is 27.8 Å². The molecule has 0 aromatic carbocycles. The zero-order chi connectivity index (χ0) is 9.68. The van der Waals surface area contributed by atoms with Crippen molar-refractivity contribution in [1.82, 2.24) is 4.98 Å². The molecule has 0 spiro atoms. The third-order valence-electron chi connectivity index (χ3n) is 1.33. The standard InChI is InChI=1S/C8H10N4S.2O.V/c1-6(11-12-8(9)13)7-4-2-3-5-10-7;;;/h2-5H,1H3,(H3,9,12,13);;;/q;2*-2;/p-1/b11-6+;;;. The Hall–Kier alpha value is -0.986. The van der Waals surface area contributed by atoms with Crippen LogP contribution in [0.4, 0.5) is 0 Å². The molecule has 1 radical (unpaired) electrons. The van der Waals surface area contributed by atoms with Crippen molar-refractivity contribution in [3.05, 3.63) is 30.1 Å². The maximum absolute atomic E-state index is 5.16. The Kier molecular flexibility index (Phi) is 13.4. The second-order valence-electron chi connectivity index (χ2n) is 2.34. The van der Waals surface area contributed by atoms with Crippen LogP contribution in [0.25, 0.3) is 0 Å². The van der Waals surface area contributed by atoms with E-state index < -0.39 is 0 Å². The fraction of sp³-hybridized carbons (Fsp3) is 0.125. The van der Waals surface area contributed by atoms with Crippen molar-refractivity contribution in [2.24, 2.45) is 15.9 Å². The van der Waals surface area contributed by atoms with Crippen molar-refractivity contribution in [3.8, 4) is 0 Å². The summed E-state index contributed by atoms with van der Waals surface area (Å²) in [6, 6.07) is 5.55. The van der Waals surface area contributed by atoms with Gasteiger partial charge < -0.3 is 29.3 Å². The normalized spacial score (nSPS) is 10.6. The Labute approximate surface area is 111 Å². The number of nitrogens with zero attached hydrogens (tertiary/aromatic N) is 3. The van der Waals surface area contributed by atoms with Crippen LogP contribution in [0, 0.1) is 0 Å². The average Bonchev–Trinajstić information content (AvgIpc) is 2.15. The molecule has 1 rings (SSSR count). The molecule has 0 aliphatic carbocycles. The van der Waals surface area contributed by atoms with Gasteiger partial charge in [0.05, 0.1) is 11.4 Å². The Morgan fingerprint density at radius 1 is 1.31 bits per heavy atom. The molecule has 8 heteroatoms. The molecule has 16 heavy (non-hydrogen) atoms. The summed E-state index contributed by atoms with van der Waals surface area (Å²) >= 11 is 4.55. The van der Waals surface area contributed by atoms with Crippen LogP contribution in [-0.2, 0) is 42.1 Å². The van der Waals surface area contributed by atoms with E-state index in [4.69, 9.17) is 5.73 Å². The zero-order valence-corrected chi connectivity index (χ0v) is 10.6. The van der Waals surface area contributed by atoms with Crippen LogP contribution in [0.1, 0.15) is 12.6 Å². The SMILES string of the molecule is C/C(=N\N=C(\N)[S-])c1ccccn1.[O-2].[O-2].[V]. The Bertz CT molecular complexity index is 341. The second kappa shape index (κ2) is 10.5. The van der Waals surface area contributed by atoms with Crippen molar-refractivity contribution in [2.45, 2.75) is 6.92 Å². The van der Waals surface area contributed by atoms with Crippen molar-refractivity contribution >= 4 is 23.5 Å². The summed E-state index contributed by atoms with van der Waals surface area (Å²) in [6.07, 6.45) is 1.69. The maximum Gasteiger partial charge on any atom is 0.0860 e. The summed E-state index contributed by atoms with van der Waals surface area (Å²) in [4.78, 5) is 4.08. The summed E-state index contributed by atoms with van der Waals surface area (Å²) in [6.45, 7) is 1.80. The molecule has 0 saturated heterocycles. The molecule has 6 nitrogen and oxygen atoms in total. The van der Waals surface area contributed by atoms with E-state index in [0.29, 0.717) is 5.71 Å². The van der Waals surface area contributed by atoms with Gasteiger partial charge in [0.1, 0.15) is 0 Å². The number of amidine groups is 1. The molecule has 0 saturated carbocycles. The molecule has 0 amide bonds. The van der Waals surface area contributed by atoms with Gasteiger partial charge in [-0.15, -0.1) is 0 Å². The van der Waals surface area contributed by atoms with Gasteiger partial charge in [0.2, 0.25) is 0 Å². The van der Waals surface area contributed by atoms with Gasteiger partial charge >= 0.3 is 0 Å². The van der Waals surface area contributed by atoms with E-state index in [0.717, 1.165) is 5.69 Å². The van der Waals surface area contributed by atoms with Crippen molar-refractivity contribution in [3.63, 3.8) is 0 Å². The van der Waals surface area contributed by atoms with E-state index >= 15 is 0 Å². The van der Waals surface area contributed by atoms with Gasteiger partial charge in [-0.2, -0.15) is 10.2 Å². The molecule has 0 aliphatic heterocycles. The number of hydrogen-bond donors (Lipinski definition) is 1. The summed E-state index contributed by atoms with van der Waals surface area (Å²) in [7, 11) is 0. The van der Waals surface area contributed by atoms with Gasteiger partial charge in [0.25, 0.3) is 0 Å². The molecule has 0 atom stereocenters. The summed E-state index contributed by atoms with van der Waals surface area (Å²) in [5.41, 5.74) is 6.61. The van der Waals surface area contributed by atoms with E-state index in [1.807, 2.05) is 18.2 Å². The van der Waals surface area contributed by atoms with Crippen molar-refractivity contribution in [1.29, 1.82) is 0 Å². The molecule has 1 heterocycles. The van der Waals surface area contributed by atoms with Gasteiger partial charge in [-0.25, -0.2) is 0 Å². The molecule has 89 valence electrons. The molecule has 0 aliphatic rings. The predicted molar refractivity (Wildman–Crippen MR) is 56.8 cm³/mol. The zero-order valence-electron chi connectivity index (χ0n) is 8.40. The van der Waals surface area contributed by atoms with Crippen LogP contribution in [0.15, 0.2) is 34.6 Å². The minimum Gasteiger partial charge on any atom is -2.00 e. The second-order valence-corrected chi connectivity index (χ2v) is 2.76. The van der Waals surface area contributed by atoms with Gasteiger partial charge in [0.15, 0.2) is 0 Å². The number of rotatable bonds is 2. The minimum atomic E-state index is 0. The quantitative estimate of drug-likeness (QED) is 0.364. The molecule has 2 N–H and O–H groups in total. The van der Waals surface area contributed by atoms with Crippen LogP contribution >= 0.6 is 0 Å². The minimum absolute atomic E-state index is 0. The monoisotopic (exact) mass is 276 g/mol. The first-order valence-electron chi connectivity index (χ1n) is 3.66. The summed E-state index contributed by atoms with van der Waals surface area (Å²) in [5, 5.41) is 7.39.